The summed E-state index contributed by atoms with van der Waals surface area (Å²) in [5.74, 6) is 0.155. The van der Waals surface area contributed by atoms with Crippen molar-refractivity contribution >= 4 is 0 Å². The Bertz CT molecular complexity index is 499. The van der Waals surface area contributed by atoms with Gasteiger partial charge in [0.2, 0.25) is 0 Å². The first-order valence-electron chi connectivity index (χ1n) is 6.75. The van der Waals surface area contributed by atoms with Gasteiger partial charge in [0.15, 0.2) is 0 Å². The molecule has 1 fully saturated rings. The third-order valence-corrected chi connectivity index (χ3v) is 3.61. The van der Waals surface area contributed by atoms with E-state index < -0.39 is 11.7 Å². The van der Waals surface area contributed by atoms with Crippen LogP contribution in [0.25, 0.3) is 0 Å². The Balaban J connectivity index is 2.12. The molecular formula is C15H16F3NO. The molecule has 0 radical (unpaired) electrons. The zero-order valence-corrected chi connectivity index (χ0v) is 11.0. The molecule has 2 nitrogen and oxygen atoms in total. The van der Waals surface area contributed by atoms with Crippen LogP contribution in [0.5, 0.6) is 5.75 Å². The van der Waals surface area contributed by atoms with E-state index in [1.54, 1.807) is 6.07 Å². The van der Waals surface area contributed by atoms with Gasteiger partial charge < -0.3 is 4.74 Å². The van der Waals surface area contributed by atoms with Crippen LogP contribution in [0.1, 0.15) is 43.2 Å². The Labute approximate surface area is 116 Å². The number of alkyl halides is 3. The molecule has 0 atom stereocenters. The standard InChI is InChI=1S/C15H16F3NO/c16-15(17,18)13-8-12(9-19)6-7-14(13)20-10-11-4-2-1-3-5-11/h6-8,11H,1-5,10H2. The molecule has 1 aromatic rings. The number of ether oxygens (including phenoxy) is 1. The van der Waals surface area contributed by atoms with Crippen LogP contribution in [0, 0.1) is 17.2 Å². The van der Waals surface area contributed by atoms with Crippen LogP contribution in [-0.2, 0) is 6.18 Å². The van der Waals surface area contributed by atoms with E-state index in [0.29, 0.717) is 12.5 Å². The first-order valence-corrected chi connectivity index (χ1v) is 6.75. The molecular weight excluding hydrogens is 267 g/mol. The summed E-state index contributed by atoms with van der Waals surface area (Å²) in [6.07, 6.45) is 0.951. The summed E-state index contributed by atoms with van der Waals surface area (Å²) in [4.78, 5) is 0. The Kier molecular flexibility index (Phi) is 4.53. The molecule has 0 spiro atoms. The predicted molar refractivity (Wildman–Crippen MR) is 68.2 cm³/mol. The first kappa shape index (κ1) is 14.7. The van der Waals surface area contributed by atoms with E-state index in [9.17, 15) is 13.2 Å². The molecule has 1 saturated carbocycles. The number of hydrogen-bond acceptors (Lipinski definition) is 2. The zero-order chi connectivity index (χ0) is 14.6. The average Bonchev–Trinajstić information content (AvgIpc) is 2.45. The average molecular weight is 283 g/mol. The minimum atomic E-state index is -4.51. The summed E-state index contributed by atoms with van der Waals surface area (Å²) in [6, 6.07) is 5.15. The molecule has 5 heteroatoms. The molecule has 1 aliphatic rings. The quantitative estimate of drug-likeness (QED) is 0.816. The van der Waals surface area contributed by atoms with Crippen LogP contribution >= 0.6 is 0 Å². The Morgan fingerprint density at radius 3 is 2.50 bits per heavy atom. The summed E-state index contributed by atoms with van der Waals surface area (Å²) in [5, 5.41) is 8.69. The molecule has 0 saturated heterocycles. The summed E-state index contributed by atoms with van der Waals surface area (Å²) in [5.41, 5.74) is -0.880. The van der Waals surface area contributed by atoms with Crippen LogP contribution in [-0.4, -0.2) is 6.61 Å². The topological polar surface area (TPSA) is 33.0 Å². The van der Waals surface area contributed by atoms with E-state index in [2.05, 4.69) is 0 Å². The zero-order valence-electron chi connectivity index (χ0n) is 11.0. The van der Waals surface area contributed by atoms with Crippen molar-refractivity contribution in [3.63, 3.8) is 0 Å². The molecule has 0 unspecified atom stereocenters. The van der Waals surface area contributed by atoms with E-state index in [1.165, 1.54) is 18.6 Å². The largest absolute Gasteiger partial charge is 0.493 e. The normalized spacial score (nSPS) is 16.7. The van der Waals surface area contributed by atoms with Gasteiger partial charge >= 0.3 is 6.18 Å². The van der Waals surface area contributed by atoms with E-state index in [1.807, 2.05) is 0 Å². The van der Waals surface area contributed by atoms with E-state index in [4.69, 9.17) is 10.00 Å². The summed E-state index contributed by atoms with van der Waals surface area (Å²) in [6.45, 7) is 0.314. The van der Waals surface area contributed by atoms with Crippen molar-refractivity contribution in [3.05, 3.63) is 29.3 Å². The molecule has 0 N–H and O–H groups in total. The van der Waals surface area contributed by atoms with Crippen LogP contribution < -0.4 is 4.74 Å². The number of nitrogens with zero attached hydrogens (tertiary/aromatic N) is 1. The molecule has 20 heavy (non-hydrogen) atoms. The second-order valence-corrected chi connectivity index (χ2v) is 5.14. The second kappa shape index (κ2) is 6.17. The summed E-state index contributed by atoms with van der Waals surface area (Å²) in [7, 11) is 0. The van der Waals surface area contributed by atoms with Crippen LogP contribution in [0.3, 0.4) is 0 Å². The lowest BCUT2D eigenvalue weighted by atomic mass is 9.90. The lowest BCUT2D eigenvalue weighted by Gasteiger charge is -2.22. The Morgan fingerprint density at radius 2 is 1.90 bits per heavy atom. The smallest absolute Gasteiger partial charge is 0.420 e. The Morgan fingerprint density at radius 1 is 1.20 bits per heavy atom. The highest BCUT2D eigenvalue weighted by atomic mass is 19.4. The maximum atomic E-state index is 12.9. The van der Waals surface area contributed by atoms with Crippen molar-refractivity contribution in [2.45, 2.75) is 38.3 Å². The maximum absolute atomic E-state index is 12.9. The fraction of sp³-hybridized carbons (Fsp3) is 0.533. The SMILES string of the molecule is N#Cc1ccc(OCC2CCCCC2)c(C(F)(F)F)c1. The molecule has 2 rings (SSSR count). The van der Waals surface area contributed by atoms with Gasteiger partial charge in [-0.1, -0.05) is 19.3 Å². The lowest BCUT2D eigenvalue weighted by Crippen LogP contribution is -2.17. The second-order valence-electron chi connectivity index (χ2n) is 5.14. The fourth-order valence-electron chi connectivity index (χ4n) is 2.51. The number of rotatable bonds is 3. The van der Waals surface area contributed by atoms with Crippen molar-refractivity contribution in [2.24, 2.45) is 5.92 Å². The highest BCUT2D eigenvalue weighted by Crippen LogP contribution is 2.37. The molecule has 1 aromatic carbocycles. The number of nitriles is 1. The fourth-order valence-corrected chi connectivity index (χ4v) is 2.51. The number of benzene rings is 1. The highest BCUT2D eigenvalue weighted by Gasteiger charge is 2.35. The monoisotopic (exact) mass is 283 g/mol. The van der Waals surface area contributed by atoms with Gasteiger partial charge in [-0.3, -0.25) is 0 Å². The van der Waals surface area contributed by atoms with Gasteiger partial charge in [0.1, 0.15) is 5.75 Å². The van der Waals surface area contributed by atoms with Gasteiger partial charge in [-0.2, -0.15) is 18.4 Å². The summed E-state index contributed by atoms with van der Waals surface area (Å²) >= 11 is 0. The van der Waals surface area contributed by atoms with Gasteiger partial charge in [0.05, 0.1) is 23.8 Å². The minimum absolute atomic E-state index is 0.0117. The van der Waals surface area contributed by atoms with Crippen LogP contribution in [0.2, 0.25) is 0 Å². The molecule has 0 bridgehead atoms. The number of halogens is 3. The molecule has 1 aliphatic carbocycles. The van der Waals surface area contributed by atoms with Gasteiger partial charge in [0.25, 0.3) is 0 Å². The summed E-state index contributed by atoms with van der Waals surface area (Å²) < 4.78 is 44.2. The van der Waals surface area contributed by atoms with Gasteiger partial charge in [-0.25, -0.2) is 0 Å². The first-order chi connectivity index (χ1) is 9.50. The molecule has 108 valence electrons. The van der Waals surface area contributed by atoms with Crippen LogP contribution in [0.4, 0.5) is 13.2 Å². The molecule has 0 heterocycles. The minimum Gasteiger partial charge on any atom is -0.493 e. The van der Waals surface area contributed by atoms with Gasteiger partial charge in [-0.05, 0) is 37.0 Å². The van der Waals surface area contributed by atoms with Crippen molar-refractivity contribution in [1.82, 2.24) is 0 Å². The molecule has 0 aliphatic heterocycles. The number of hydrogen-bond donors (Lipinski definition) is 0. The van der Waals surface area contributed by atoms with Crippen molar-refractivity contribution in [1.29, 1.82) is 5.26 Å². The van der Waals surface area contributed by atoms with Gasteiger partial charge in [0, 0.05) is 0 Å². The Hall–Kier alpha value is -1.70. The maximum Gasteiger partial charge on any atom is 0.420 e. The van der Waals surface area contributed by atoms with E-state index >= 15 is 0 Å². The predicted octanol–water partition coefficient (Wildman–Crippen LogP) is 4.54. The van der Waals surface area contributed by atoms with Crippen molar-refractivity contribution in [3.8, 4) is 11.8 Å². The highest BCUT2D eigenvalue weighted by molar-refractivity contribution is 5.43. The van der Waals surface area contributed by atoms with Gasteiger partial charge in [-0.15, -0.1) is 0 Å². The van der Waals surface area contributed by atoms with E-state index in [-0.39, 0.29) is 11.3 Å². The van der Waals surface area contributed by atoms with Crippen molar-refractivity contribution < 1.29 is 17.9 Å². The third kappa shape index (κ3) is 3.66. The molecule has 0 aromatic heterocycles. The molecule has 0 amide bonds. The van der Waals surface area contributed by atoms with Crippen LogP contribution in [0.15, 0.2) is 18.2 Å². The van der Waals surface area contributed by atoms with E-state index in [0.717, 1.165) is 31.7 Å². The third-order valence-electron chi connectivity index (χ3n) is 3.61. The lowest BCUT2D eigenvalue weighted by molar-refractivity contribution is -0.139. The van der Waals surface area contributed by atoms with Crippen molar-refractivity contribution in [2.75, 3.05) is 6.61 Å².